The predicted octanol–water partition coefficient (Wildman–Crippen LogP) is 3.05. The van der Waals surface area contributed by atoms with Crippen molar-refractivity contribution in [1.82, 2.24) is 15.2 Å². The van der Waals surface area contributed by atoms with Crippen LogP contribution in [0, 0.1) is 0 Å². The Hall–Kier alpha value is -2.95. The number of carbonyl (C=O) groups is 1. The van der Waals surface area contributed by atoms with Gasteiger partial charge in [-0.15, -0.1) is 11.3 Å². The van der Waals surface area contributed by atoms with Crippen LogP contribution in [0.2, 0.25) is 5.02 Å². The Balaban J connectivity index is 1.51. The largest absolute Gasteiger partial charge is 0.467 e. The van der Waals surface area contributed by atoms with Crippen LogP contribution in [0.1, 0.15) is 32.7 Å². The van der Waals surface area contributed by atoms with Gasteiger partial charge in [0.1, 0.15) is 22.3 Å². The van der Waals surface area contributed by atoms with Crippen LogP contribution < -0.4 is 16.1 Å². The Labute approximate surface area is 204 Å². The smallest absolute Gasteiger partial charge is 0.257 e. The molecule has 0 aliphatic carbocycles. The van der Waals surface area contributed by atoms with Crippen LogP contribution in [0.4, 0.5) is 0 Å². The molecule has 8 nitrogen and oxygen atoms in total. The van der Waals surface area contributed by atoms with Crippen LogP contribution in [0.15, 0.2) is 64.1 Å². The molecule has 1 amide bonds. The third-order valence-corrected chi connectivity index (χ3v) is 6.68. The number of furan rings is 1. The van der Waals surface area contributed by atoms with Gasteiger partial charge in [-0.05, 0) is 35.9 Å². The van der Waals surface area contributed by atoms with Crippen LogP contribution in [0.5, 0.6) is 0 Å². The van der Waals surface area contributed by atoms with Crippen LogP contribution in [-0.2, 0) is 19.6 Å². The van der Waals surface area contributed by atoms with E-state index in [9.17, 15) is 19.8 Å². The Morgan fingerprint density at radius 2 is 2.00 bits per heavy atom. The molecule has 10 heteroatoms. The van der Waals surface area contributed by atoms with Gasteiger partial charge in [-0.1, -0.05) is 23.7 Å². The number of rotatable bonds is 10. The summed E-state index contributed by atoms with van der Waals surface area (Å²) in [6.45, 7) is 1.07. The lowest BCUT2D eigenvalue weighted by Gasteiger charge is -2.10. The van der Waals surface area contributed by atoms with Gasteiger partial charge in [-0.3, -0.25) is 9.59 Å². The van der Waals surface area contributed by atoms with Crippen molar-refractivity contribution in [1.29, 1.82) is 0 Å². The van der Waals surface area contributed by atoms with Gasteiger partial charge >= 0.3 is 0 Å². The molecule has 0 fully saturated rings. The van der Waals surface area contributed by atoms with Gasteiger partial charge in [0, 0.05) is 42.3 Å². The molecular weight excluding hydrogens is 478 g/mol. The van der Waals surface area contributed by atoms with Crippen molar-refractivity contribution in [3.05, 3.63) is 91.9 Å². The summed E-state index contributed by atoms with van der Waals surface area (Å²) in [5.74, 6) is -0.0123. The number of pyridine rings is 1. The van der Waals surface area contributed by atoms with E-state index in [-0.39, 0.29) is 37.2 Å². The van der Waals surface area contributed by atoms with E-state index < -0.39 is 12.0 Å². The van der Waals surface area contributed by atoms with Gasteiger partial charge in [-0.2, -0.15) is 0 Å². The van der Waals surface area contributed by atoms with Crippen LogP contribution in [-0.4, -0.2) is 33.8 Å². The number of nitrogens with zero attached hydrogens (tertiary/aromatic N) is 1. The van der Waals surface area contributed by atoms with Gasteiger partial charge < -0.3 is 29.8 Å². The maximum absolute atomic E-state index is 13.1. The molecule has 0 unspecified atom stereocenters. The molecule has 0 radical (unpaired) electrons. The summed E-state index contributed by atoms with van der Waals surface area (Å²) in [5, 5.41) is 26.6. The number of hydrogen-bond donors (Lipinski definition) is 4. The molecule has 0 aliphatic rings. The van der Waals surface area contributed by atoms with Gasteiger partial charge in [-0.25, -0.2) is 0 Å². The number of thiophene rings is 1. The Morgan fingerprint density at radius 3 is 2.71 bits per heavy atom. The fraction of sp³-hybridized carbons (Fsp3) is 0.250. The average molecular weight is 502 g/mol. The normalized spacial score (nSPS) is 12.2. The van der Waals surface area contributed by atoms with Crippen molar-refractivity contribution in [2.45, 2.75) is 25.7 Å². The molecular formula is C24H24ClN3O5S. The molecule has 34 heavy (non-hydrogen) atoms. The number of aromatic nitrogens is 1. The van der Waals surface area contributed by atoms with E-state index in [1.807, 2.05) is 0 Å². The first-order valence-electron chi connectivity index (χ1n) is 10.7. The zero-order valence-corrected chi connectivity index (χ0v) is 19.7. The van der Waals surface area contributed by atoms with Crippen molar-refractivity contribution in [2.75, 3.05) is 13.2 Å². The molecule has 0 aliphatic heterocycles. The first-order valence-corrected chi connectivity index (χ1v) is 11.9. The number of nitrogens with one attached hydrogen (secondary N) is 2. The highest BCUT2D eigenvalue weighted by atomic mass is 35.5. The van der Waals surface area contributed by atoms with Gasteiger partial charge in [0.15, 0.2) is 0 Å². The van der Waals surface area contributed by atoms with Crippen LogP contribution >= 0.6 is 22.9 Å². The maximum Gasteiger partial charge on any atom is 0.257 e. The highest BCUT2D eigenvalue weighted by Gasteiger charge is 2.18. The van der Waals surface area contributed by atoms with Crippen LogP contribution in [0.25, 0.3) is 10.2 Å². The molecule has 1 atom stereocenters. The van der Waals surface area contributed by atoms with Crippen molar-refractivity contribution in [2.24, 2.45) is 0 Å². The second-order valence-corrected chi connectivity index (χ2v) is 9.24. The Morgan fingerprint density at radius 1 is 1.21 bits per heavy atom. The number of carbonyl (C=O) groups excluding carboxylic acids is 1. The van der Waals surface area contributed by atoms with Crippen molar-refractivity contribution in [3.8, 4) is 0 Å². The summed E-state index contributed by atoms with van der Waals surface area (Å²) in [6.07, 6.45) is 2.21. The van der Waals surface area contributed by atoms with E-state index in [4.69, 9.17) is 16.0 Å². The lowest BCUT2D eigenvalue weighted by atomic mass is 10.1. The lowest BCUT2D eigenvalue weighted by molar-refractivity contribution is 0.0949. The SMILES string of the molecule is O=C(NCc1ccc(Cl)cc1)c1cn(CCO)c2sc(CNC[C@@H](O)c3ccco3)cc2c1=O. The molecule has 4 N–H and O–H groups in total. The first kappa shape index (κ1) is 24.2. The number of benzene rings is 1. The van der Waals surface area contributed by atoms with Crippen molar-refractivity contribution >= 4 is 39.1 Å². The highest BCUT2D eigenvalue weighted by Crippen LogP contribution is 2.24. The summed E-state index contributed by atoms with van der Waals surface area (Å²) in [5.41, 5.74) is 0.506. The minimum atomic E-state index is -0.783. The first-order chi connectivity index (χ1) is 16.5. The van der Waals surface area contributed by atoms with Crippen LogP contribution in [0.3, 0.4) is 0 Å². The minimum absolute atomic E-state index is 0.0143. The van der Waals surface area contributed by atoms with Crippen molar-refractivity contribution < 1.29 is 19.4 Å². The number of aliphatic hydroxyl groups is 2. The standard InChI is InChI=1S/C24H24ClN3O5S/c25-16-5-3-15(4-6-16)11-27-23(32)19-14-28(7-8-29)24-18(22(19)31)10-17(34-24)12-26-13-20(30)21-2-1-9-33-21/h1-6,9-10,14,20,26,29-30H,7-8,11-13H2,(H,27,32)/t20-/m1/s1. The number of fused-ring (bicyclic) bond motifs is 1. The molecule has 0 saturated heterocycles. The summed E-state index contributed by atoms with van der Waals surface area (Å²) in [7, 11) is 0. The zero-order chi connectivity index (χ0) is 24.1. The molecule has 3 aromatic heterocycles. The number of hydrogen-bond acceptors (Lipinski definition) is 7. The maximum atomic E-state index is 13.1. The summed E-state index contributed by atoms with van der Waals surface area (Å²) >= 11 is 7.29. The summed E-state index contributed by atoms with van der Waals surface area (Å²) in [4.78, 5) is 27.5. The second kappa shape index (κ2) is 11.0. The average Bonchev–Trinajstić information content (AvgIpc) is 3.51. The number of aliphatic hydroxyl groups excluding tert-OH is 2. The number of amides is 1. The monoisotopic (exact) mass is 501 g/mol. The van der Waals surface area contributed by atoms with E-state index >= 15 is 0 Å². The van der Waals surface area contributed by atoms with E-state index in [0.29, 0.717) is 27.5 Å². The van der Waals surface area contributed by atoms with E-state index in [0.717, 1.165) is 10.4 Å². The Bertz CT molecular complexity index is 1320. The fourth-order valence-corrected chi connectivity index (χ4v) is 4.79. The molecule has 0 bridgehead atoms. The Kier molecular flexibility index (Phi) is 7.81. The summed E-state index contributed by atoms with van der Waals surface area (Å²) in [6, 6.07) is 12.2. The van der Waals surface area contributed by atoms with E-state index in [1.54, 1.807) is 47.0 Å². The molecule has 4 rings (SSSR count). The molecule has 0 saturated carbocycles. The molecule has 4 aromatic rings. The molecule has 0 spiro atoms. The second-order valence-electron chi connectivity index (χ2n) is 7.69. The third kappa shape index (κ3) is 5.57. The quantitative estimate of drug-likeness (QED) is 0.265. The van der Waals surface area contributed by atoms with Crippen molar-refractivity contribution in [3.63, 3.8) is 0 Å². The van der Waals surface area contributed by atoms with Gasteiger partial charge in [0.05, 0.1) is 18.3 Å². The molecule has 178 valence electrons. The zero-order valence-electron chi connectivity index (χ0n) is 18.2. The summed E-state index contributed by atoms with van der Waals surface area (Å²) < 4.78 is 6.92. The van der Waals surface area contributed by atoms with E-state index in [1.165, 1.54) is 23.8 Å². The fourth-order valence-electron chi connectivity index (χ4n) is 3.54. The topological polar surface area (TPSA) is 117 Å². The third-order valence-electron chi connectivity index (χ3n) is 5.26. The molecule has 3 heterocycles. The molecule has 1 aromatic carbocycles. The van der Waals surface area contributed by atoms with Gasteiger partial charge in [0.25, 0.3) is 5.91 Å². The predicted molar refractivity (Wildman–Crippen MR) is 131 cm³/mol. The van der Waals surface area contributed by atoms with Gasteiger partial charge in [0.2, 0.25) is 5.43 Å². The highest BCUT2D eigenvalue weighted by molar-refractivity contribution is 7.18. The number of halogens is 1. The minimum Gasteiger partial charge on any atom is -0.467 e. The van der Waals surface area contributed by atoms with E-state index in [2.05, 4.69) is 10.6 Å². The lowest BCUT2D eigenvalue weighted by Crippen LogP contribution is -2.29.